The molecule has 2 aliphatic rings. The Kier molecular flexibility index (Phi) is 3.98. The average Bonchev–Trinajstić information content (AvgIpc) is 3.33. The lowest BCUT2D eigenvalue weighted by Crippen LogP contribution is -2.41. The molecule has 7 heteroatoms. The minimum absolute atomic E-state index is 0.0596. The van der Waals surface area contributed by atoms with Crippen LogP contribution in [0.4, 0.5) is 0 Å². The van der Waals surface area contributed by atoms with E-state index in [0.717, 1.165) is 23.2 Å². The normalized spacial score (nSPS) is 21.1. The van der Waals surface area contributed by atoms with Gasteiger partial charge in [0, 0.05) is 30.4 Å². The molecule has 0 bridgehead atoms. The number of ether oxygens (including phenoxy) is 1. The van der Waals surface area contributed by atoms with Crippen molar-refractivity contribution in [1.29, 1.82) is 0 Å². The molecule has 3 aromatic rings. The molecule has 2 aliphatic heterocycles. The lowest BCUT2D eigenvalue weighted by atomic mass is 9.81. The van der Waals surface area contributed by atoms with Crippen molar-refractivity contribution in [2.75, 3.05) is 19.7 Å². The van der Waals surface area contributed by atoms with Crippen LogP contribution in [0.25, 0.3) is 11.3 Å². The van der Waals surface area contributed by atoms with Gasteiger partial charge >= 0.3 is 0 Å². The summed E-state index contributed by atoms with van der Waals surface area (Å²) in [7, 11) is 0. The molecule has 1 aromatic carbocycles. The number of benzene rings is 1. The Labute approximate surface area is 162 Å². The van der Waals surface area contributed by atoms with Crippen molar-refractivity contribution in [2.45, 2.75) is 25.4 Å². The molecule has 1 unspecified atom stereocenters. The van der Waals surface area contributed by atoms with Crippen molar-refractivity contribution in [3.63, 3.8) is 0 Å². The SMILES string of the molecule is Cc1onc(-c2ccccc2)c1C(=O)N1CCC2(COCc3cncnc32)C1. The summed E-state index contributed by atoms with van der Waals surface area (Å²) in [6, 6.07) is 9.65. The van der Waals surface area contributed by atoms with Crippen molar-refractivity contribution >= 4 is 5.91 Å². The molecule has 142 valence electrons. The van der Waals surface area contributed by atoms with E-state index in [1.807, 2.05) is 41.4 Å². The second-order valence-electron chi connectivity index (χ2n) is 7.47. The zero-order valence-corrected chi connectivity index (χ0v) is 15.6. The molecule has 2 aromatic heterocycles. The number of aromatic nitrogens is 3. The lowest BCUT2D eigenvalue weighted by molar-refractivity contribution is 0.0484. The number of likely N-dealkylation sites (tertiary alicyclic amines) is 1. The molecule has 1 spiro atoms. The maximum atomic E-state index is 13.4. The van der Waals surface area contributed by atoms with E-state index in [2.05, 4.69) is 15.1 Å². The third kappa shape index (κ3) is 2.62. The number of nitrogens with zero attached hydrogens (tertiary/aromatic N) is 4. The summed E-state index contributed by atoms with van der Waals surface area (Å²) in [6.07, 6.45) is 4.20. The summed E-state index contributed by atoms with van der Waals surface area (Å²) in [5, 5.41) is 4.15. The highest BCUT2D eigenvalue weighted by molar-refractivity contribution is 6.01. The van der Waals surface area contributed by atoms with Gasteiger partial charge in [0.2, 0.25) is 0 Å². The van der Waals surface area contributed by atoms with Crippen LogP contribution in [-0.4, -0.2) is 45.6 Å². The van der Waals surface area contributed by atoms with E-state index < -0.39 is 0 Å². The Balaban J connectivity index is 1.47. The summed E-state index contributed by atoms with van der Waals surface area (Å²) < 4.78 is 11.2. The third-order valence-electron chi connectivity index (χ3n) is 5.69. The zero-order chi connectivity index (χ0) is 19.1. The van der Waals surface area contributed by atoms with E-state index in [1.165, 1.54) is 0 Å². The third-order valence-corrected chi connectivity index (χ3v) is 5.69. The first-order valence-electron chi connectivity index (χ1n) is 9.36. The fraction of sp³-hybridized carbons (Fsp3) is 0.333. The molecule has 5 rings (SSSR count). The van der Waals surface area contributed by atoms with Gasteiger partial charge in [-0.2, -0.15) is 0 Å². The molecular formula is C21H20N4O3. The van der Waals surface area contributed by atoms with Gasteiger partial charge in [0.25, 0.3) is 5.91 Å². The van der Waals surface area contributed by atoms with Crippen LogP contribution in [-0.2, 0) is 16.8 Å². The Morgan fingerprint density at radius 1 is 1.25 bits per heavy atom. The monoisotopic (exact) mass is 376 g/mol. The van der Waals surface area contributed by atoms with Crippen molar-refractivity contribution in [2.24, 2.45) is 0 Å². The van der Waals surface area contributed by atoms with E-state index >= 15 is 0 Å². The summed E-state index contributed by atoms with van der Waals surface area (Å²) >= 11 is 0. The Morgan fingerprint density at radius 2 is 2.11 bits per heavy atom. The van der Waals surface area contributed by atoms with Crippen LogP contribution in [0, 0.1) is 6.92 Å². The molecule has 4 heterocycles. The Hall–Kier alpha value is -3.06. The highest BCUT2D eigenvalue weighted by Gasteiger charge is 2.46. The predicted molar refractivity (Wildman–Crippen MR) is 101 cm³/mol. The van der Waals surface area contributed by atoms with Crippen molar-refractivity contribution in [3.8, 4) is 11.3 Å². The van der Waals surface area contributed by atoms with Gasteiger partial charge in [-0.25, -0.2) is 9.97 Å². The minimum Gasteiger partial charge on any atom is -0.376 e. The average molecular weight is 376 g/mol. The first-order valence-corrected chi connectivity index (χ1v) is 9.36. The van der Waals surface area contributed by atoms with Crippen LogP contribution in [0.2, 0.25) is 0 Å². The van der Waals surface area contributed by atoms with E-state index in [0.29, 0.717) is 43.3 Å². The van der Waals surface area contributed by atoms with Crippen molar-refractivity contribution in [1.82, 2.24) is 20.0 Å². The summed E-state index contributed by atoms with van der Waals surface area (Å²) in [5.74, 6) is 0.475. The molecule has 0 radical (unpaired) electrons. The second kappa shape index (κ2) is 6.53. The molecule has 1 amide bonds. The molecule has 1 saturated heterocycles. The highest BCUT2D eigenvalue weighted by atomic mass is 16.5. The second-order valence-corrected chi connectivity index (χ2v) is 7.47. The van der Waals surface area contributed by atoms with Crippen LogP contribution in [0.15, 0.2) is 47.4 Å². The van der Waals surface area contributed by atoms with Crippen LogP contribution >= 0.6 is 0 Å². The van der Waals surface area contributed by atoms with Gasteiger partial charge in [-0.3, -0.25) is 4.79 Å². The number of hydrogen-bond acceptors (Lipinski definition) is 6. The van der Waals surface area contributed by atoms with Gasteiger partial charge in [-0.15, -0.1) is 0 Å². The topological polar surface area (TPSA) is 81.4 Å². The minimum atomic E-state index is -0.274. The lowest BCUT2D eigenvalue weighted by Gasteiger charge is -2.33. The van der Waals surface area contributed by atoms with E-state index in [9.17, 15) is 4.79 Å². The fourth-order valence-electron chi connectivity index (χ4n) is 4.30. The van der Waals surface area contributed by atoms with E-state index in [-0.39, 0.29) is 11.3 Å². The number of amides is 1. The first-order chi connectivity index (χ1) is 13.7. The van der Waals surface area contributed by atoms with Crippen molar-refractivity contribution in [3.05, 3.63) is 65.4 Å². The van der Waals surface area contributed by atoms with Crippen LogP contribution in [0.3, 0.4) is 0 Å². The number of hydrogen-bond donors (Lipinski definition) is 0. The number of rotatable bonds is 2. The first kappa shape index (κ1) is 17.1. The zero-order valence-electron chi connectivity index (χ0n) is 15.6. The molecule has 1 atom stereocenters. The largest absolute Gasteiger partial charge is 0.376 e. The summed E-state index contributed by atoms with van der Waals surface area (Å²) in [5.41, 5.74) is 3.73. The smallest absolute Gasteiger partial charge is 0.259 e. The number of carbonyl (C=O) groups is 1. The maximum Gasteiger partial charge on any atom is 0.259 e. The predicted octanol–water partition coefficient (Wildman–Crippen LogP) is 2.75. The van der Waals surface area contributed by atoms with Crippen LogP contribution in [0.1, 0.15) is 33.8 Å². The summed E-state index contributed by atoms with van der Waals surface area (Å²) in [4.78, 5) is 23.9. The molecule has 28 heavy (non-hydrogen) atoms. The summed E-state index contributed by atoms with van der Waals surface area (Å²) in [6.45, 7) is 4.08. The van der Waals surface area contributed by atoms with E-state index in [4.69, 9.17) is 9.26 Å². The molecule has 0 N–H and O–H groups in total. The van der Waals surface area contributed by atoms with Crippen molar-refractivity contribution < 1.29 is 14.1 Å². The maximum absolute atomic E-state index is 13.4. The number of carbonyl (C=O) groups excluding carboxylic acids is 1. The van der Waals surface area contributed by atoms with Gasteiger partial charge in [0.05, 0.1) is 24.3 Å². The van der Waals surface area contributed by atoms with Gasteiger partial charge in [-0.05, 0) is 13.3 Å². The molecule has 1 fully saturated rings. The molecular weight excluding hydrogens is 356 g/mol. The van der Waals surface area contributed by atoms with Gasteiger partial charge < -0.3 is 14.2 Å². The number of aryl methyl sites for hydroxylation is 1. The molecule has 0 saturated carbocycles. The van der Waals surface area contributed by atoms with Gasteiger partial charge in [0.15, 0.2) is 0 Å². The Morgan fingerprint density at radius 3 is 2.96 bits per heavy atom. The standard InChI is InChI=1S/C21H20N4O3/c1-14-17(18(24-28-14)15-5-3-2-4-6-15)20(26)25-8-7-21(11-25)12-27-10-16-9-22-13-23-19(16)21/h2-6,9,13H,7-8,10-12H2,1H3. The van der Waals surface area contributed by atoms with Gasteiger partial charge in [-0.1, -0.05) is 35.5 Å². The number of fused-ring (bicyclic) bond motifs is 2. The van der Waals surface area contributed by atoms with E-state index in [1.54, 1.807) is 13.3 Å². The quantitative estimate of drug-likeness (QED) is 0.684. The molecule has 0 aliphatic carbocycles. The van der Waals surface area contributed by atoms with Crippen LogP contribution in [0.5, 0.6) is 0 Å². The van der Waals surface area contributed by atoms with Gasteiger partial charge in [0.1, 0.15) is 23.3 Å². The fourth-order valence-corrected chi connectivity index (χ4v) is 4.30. The Bertz CT molecular complexity index is 1030. The van der Waals surface area contributed by atoms with Crippen LogP contribution < -0.4 is 0 Å². The molecule has 7 nitrogen and oxygen atoms in total. The highest BCUT2D eigenvalue weighted by Crippen LogP contribution is 2.39.